The zero-order valence-electron chi connectivity index (χ0n) is 18.2. The number of hydrogen-bond donors (Lipinski definition) is 1. The summed E-state index contributed by atoms with van der Waals surface area (Å²) in [6.45, 7) is 3.27. The number of carbonyl (C=O) groups excluding carboxylic acids is 4. The van der Waals surface area contributed by atoms with E-state index in [0.717, 1.165) is 7.11 Å². The Morgan fingerprint density at radius 2 is 1.72 bits per heavy atom. The molecule has 0 aromatic heterocycles. The smallest absolute Gasteiger partial charge is 0.339 e. The maximum atomic E-state index is 13.5. The number of para-hydroxylation sites is 1. The quantitative estimate of drug-likeness (QED) is 0.501. The Kier molecular flexibility index (Phi) is 6.24. The molecule has 0 aliphatic carbocycles. The van der Waals surface area contributed by atoms with Crippen molar-refractivity contribution in [2.45, 2.75) is 25.7 Å². The zero-order valence-corrected chi connectivity index (χ0v) is 18.2. The Hall–Kier alpha value is -3.82. The molecule has 10 nitrogen and oxygen atoms in total. The van der Waals surface area contributed by atoms with Crippen LogP contribution in [0.1, 0.15) is 25.8 Å². The van der Waals surface area contributed by atoms with Crippen LogP contribution in [0.4, 0.5) is 5.69 Å². The fraction of sp³-hybridized carbons (Fsp3) is 0.364. The summed E-state index contributed by atoms with van der Waals surface area (Å²) < 4.78 is 20.5. The molecular formula is C22H24N2O8. The van der Waals surface area contributed by atoms with E-state index in [2.05, 4.69) is 0 Å². The minimum absolute atomic E-state index is 0.0202. The van der Waals surface area contributed by atoms with Crippen LogP contribution in [-0.2, 0) is 43.5 Å². The Morgan fingerprint density at radius 1 is 1.06 bits per heavy atom. The van der Waals surface area contributed by atoms with Crippen LogP contribution in [0, 0.1) is 0 Å². The van der Waals surface area contributed by atoms with E-state index in [9.17, 15) is 19.2 Å². The number of ether oxygens (including phenoxy) is 4. The summed E-state index contributed by atoms with van der Waals surface area (Å²) in [5, 5.41) is 0. The second kappa shape index (κ2) is 8.74. The topological polar surface area (TPSA) is 134 Å². The normalized spacial score (nSPS) is 19.6. The van der Waals surface area contributed by atoms with Gasteiger partial charge >= 0.3 is 23.9 Å². The average molecular weight is 444 g/mol. The monoisotopic (exact) mass is 444 g/mol. The van der Waals surface area contributed by atoms with Gasteiger partial charge in [0.05, 0.1) is 20.3 Å². The van der Waals surface area contributed by atoms with Crippen LogP contribution in [-0.4, -0.2) is 51.2 Å². The van der Waals surface area contributed by atoms with Crippen LogP contribution in [0.3, 0.4) is 0 Å². The molecule has 170 valence electrons. The molecule has 32 heavy (non-hydrogen) atoms. The third-order valence-electron chi connectivity index (χ3n) is 5.32. The zero-order chi connectivity index (χ0) is 23.6. The summed E-state index contributed by atoms with van der Waals surface area (Å²) >= 11 is 0. The van der Waals surface area contributed by atoms with E-state index in [0.29, 0.717) is 5.69 Å². The summed E-state index contributed by atoms with van der Waals surface area (Å²) in [5.41, 5.74) is 4.35. The molecule has 0 saturated carbocycles. The first-order valence-corrected chi connectivity index (χ1v) is 9.95. The van der Waals surface area contributed by atoms with Crippen LogP contribution >= 0.6 is 0 Å². The van der Waals surface area contributed by atoms with Gasteiger partial charge < -0.3 is 29.6 Å². The fourth-order valence-corrected chi connectivity index (χ4v) is 4.03. The number of fused-ring (bicyclic) bond motifs is 2. The van der Waals surface area contributed by atoms with Gasteiger partial charge in [-0.05, 0) is 19.9 Å². The number of nitrogens with zero attached hydrogens (tertiary/aromatic N) is 1. The van der Waals surface area contributed by atoms with Gasteiger partial charge in [-0.1, -0.05) is 18.2 Å². The van der Waals surface area contributed by atoms with Crippen LogP contribution in [0.25, 0.3) is 0 Å². The number of esters is 4. The number of anilines is 1. The summed E-state index contributed by atoms with van der Waals surface area (Å²) in [7, 11) is 2.74. The van der Waals surface area contributed by atoms with Gasteiger partial charge in [-0.2, -0.15) is 0 Å². The summed E-state index contributed by atoms with van der Waals surface area (Å²) in [4.78, 5) is 53.3. The maximum absolute atomic E-state index is 13.5. The van der Waals surface area contributed by atoms with Crippen LogP contribution in [0.5, 0.6) is 0 Å². The molecule has 10 heteroatoms. The minimum Gasteiger partial charge on any atom is -0.466 e. The summed E-state index contributed by atoms with van der Waals surface area (Å²) in [6, 6.07) is 6.61. The average Bonchev–Trinajstić information content (AvgIpc) is 3.04. The summed E-state index contributed by atoms with van der Waals surface area (Å²) in [6.07, 6.45) is -0.512. The highest BCUT2D eigenvalue weighted by molar-refractivity contribution is 6.16. The van der Waals surface area contributed by atoms with Gasteiger partial charge in [0.15, 0.2) is 5.41 Å². The Bertz CT molecular complexity index is 1060. The van der Waals surface area contributed by atoms with Crippen molar-refractivity contribution < 1.29 is 38.1 Å². The minimum atomic E-state index is -2.08. The lowest BCUT2D eigenvalue weighted by Gasteiger charge is -2.39. The number of hydrogen-bond acceptors (Lipinski definition) is 10. The Labute approximate surface area is 184 Å². The Balaban J connectivity index is 2.42. The number of rotatable bonds is 6. The van der Waals surface area contributed by atoms with Gasteiger partial charge in [-0.3, -0.25) is 4.79 Å². The molecule has 0 bridgehead atoms. The first-order valence-electron chi connectivity index (χ1n) is 9.95. The largest absolute Gasteiger partial charge is 0.466 e. The van der Waals surface area contributed by atoms with Crippen LogP contribution < -0.4 is 10.6 Å². The van der Waals surface area contributed by atoms with Crippen molar-refractivity contribution in [3.63, 3.8) is 0 Å². The number of cyclic esters (lactones) is 1. The molecule has 0 radical (unpaired) electrons. The van der Waals surface area contributed by atoms with E-state index in [1.807, 2.05) is 0 Å². The maximum Gasteiger partial charge on any atom is 0.339 e. The second-order valence-corrected chi connectivity index (χ2v) is 6.97. The van der Waals surface area contributed by atoms with Crippen molar-refractivity contribution in [3.05, 3.63) is 52.6 Å². The van der Waals surface area contributed by atoms with Crippen molar-refractivity contribution in [2.24, 2.45) is 5.73 Å². The van der Waals surface area contributed by atoms with Gasteiger partial charge in [0.2, 0.25) is 0 Å². The molecule has 2 heterocycles. The molecule has 3 rings (SSSR count). The molecule has 1 unspecified atom stereocenters. The van der Waals surface area contributed by atoms with Crippen molar-refractivity contribution in [1.29, 1.82) is 0 Å². The van der Waals surface area contributed by atoms with Gasteiger partial charge in [-0.15, -0.1) is 0 Å². The number of methoxy groups -OCH3 is 1. The van der Waals surface area contributed by atoms with Gasteiger partial charge in [0.1, 0.15) is 29.1 Å². The van der Waals surface area contributed by atoms with Crippen LogP contribution in [0.15, 0.2) is 47.0 Å². The molecule has 0 fully saturated rings. The molecule has 1 aromatic carbocycles. The summed E-state index contributed by atoms with van der Waals surface area (Å²) in [5.74, 6) is -3.91. The Morgan fingerprint density at radius 3 is 2.34 bits per heavy atom. The lowest BCUT2D eigenvalue weighted by molar-refractivity contribution is -0.148. The fourth-order valence-electron chi connectivity index (χ4n) is 4.03. The lowest BCUT2D eigenvalue weighted by Crippen LogP contribution is -2.49. The van der Waals surface area contributed by atoms with Crippen molar-refractivity contribution in [1.82, 2.24) is 0 Å². The SMILES string of the molecule is CCOC(=O)CC1=C(C(=O)OCC)C2(C(=O)O1)C(C(=O)OC)=C(N)N(C)c1ccccc12. The molecule has 0 saturated heterocycles. The van der Waals surface area contributed by atoms with E-state index in [4.69, 9.17) is 24.7 Å². The molecule has 0 amide bonds. The number of nitrogens with two attached hydrogens (primary N) is 1. The first-order chi connectivity index (χ1) is 15.2. The van der Waals surface area contributed by atoms with Crippen LogP contribution in [0.2, 0.25) is 0 Å². The number of carbonyl (C=O) groups is 4. The van der Waals surface area contributed by atoms with Gasteiger partial charge in [0, 0.05) is 18.3 Å². The highest BCUT2D eigenvalue weighted by atomic mass is 16.6. The van der Waals surface area contributed by atoms with Crippen molar-refractivity contribution >= 4 is 29.6 Å². The first kappa shape index (κ1) is 22.9. The highest BCUT2D eigenvalue weighted by Crippen LogP contribution is 2.54. The third-order valence-corrected chi connectivity index (χ3v) is 5.32. The molecule has 2 aliphatic rings. The van der Waals surface area contributed by atoms with E-state index >= 15 is 0 Å². The molecule has 2 N–H and O–H groups in total. The predicted molar refractivity (Wildman–Crippen MR) is 111 cm³/mol. The van der Waals surface area contributed by atoms with E-state index in [-0.39, 0.29) is 41.5 Å². The van der Waals surface area contributed by atoms with Gasteiger partial charge in [0.25, 0.3) is 0 Å². The molecular weight excluding hydrogens is 420 g/mol. The van der Waals surface area contributed by atoms with E-state index in [1.54, 1.807) is 45.2 Å². The molecule has 1 spiro atoms. The molecule has 1 aromatic rings. The molecule has 2 aliphatic heterocycles. The second-order valence-electron chi connectivity index (χ2n) is 6.97. The number of benzene rings is 1. The highest BCUT2D eigenvalue weighted by Gasteiger charge is 2.64. The predicted octanol–water partition coefficient (Wildman–Crippen LogP) is 1.04. The van der Waals surface area contributed by atoms with E-state index in [1.165, 1.54) is 4.90 Å². The van der Waals surface area contributed by atoms with Crippen molar-refractivity contribution in [2.75, 3.05) is 32.3 Å². The van der Waals surface area contributed by atoms with E-state index < -0.39 is 35.7 Å². The molecule has 1 atom stereocenters. The third kappa shape index (κ3) is 3.28. The lowest BCUT2D eigenvalue weighted by atomic mass is 9.66. The van der Waals surface area contributed by atoms with Gasteiger partial charge in [-0.25, -0.2) is 14.4 Å². The standard InChI is InChI=1S/C22H24N2O8/c1-5-30-15(25)11-14-16(20(27)31-6-2)22(21(28)32-14)12-9-7-8-10-13(12)24(3)18(23)17(22)19(26)29-4/h7-10H,5-6,11,23H2,1-4H3. The van der Waals surface area contributed by atoms with Crippen molar-refractivity contribution in [3.8, 4) is 0 Å².